The summed E-state index contributed by atoms with van der Waals surface area (Å²) in [7, 11) is 1.68. The molecule has 2 atom stereocenters. The molecule has 2 N–H and O–H groups in total. The number of ether oxygens (including phenoxy) is 1. The first kappa shape index (κ1) is 17.5. The lowest BCUT2D eigenvalue weighted by molar-refractivity contribution is 0.414. The Morgan fingerprint density at radius 3 is 2.56 bits per heavy atom. The van der Waals surface area contributed by atoms with Crippen molar-refractivity contribution in [1.29, 1.82) is 0 Å². The quantitative estimate of drug-likeness (QED) is 0.666. The number of hydrogen-bond donors (Lipinski definition) is 2. The van der Waals surface area contributed by atoms with Crippen molar-refractivity contribution in [1.82, 2.24) is 15.3 Å². The summed E-state index contributed by atoms with van der Waals surface area (Å²) in [5.74, 6) is 0.790. The Bertz CT molecular complexity index is 969. The van der Waals surface area contributed by atoms with Crippen LogP contribution in [0.15, 0.2) is 54.7 Å². The third-order valence-electron chi connectivity index (χ3n) is 4.95. The maximum Gasteiger partial charge on any atom is 0.174 e. The molecule has 1 aliphatic heterocycles. The van der Waals surface area contributed by atoms with E-state index in [1.807, 2.05) is 48.7 Å². The SMILES string of the molecule is COc1ccccc1N1C(=S)N[C@@H](c2ccccn2)[C@H]1c1cc(C)[nH]c1C. The average Bonchev–Trinajstić information content (AvgIpc) is 3.20. The minimum Gasteiger partial charge on any atom is -0.495 e. The van der Waals surface area contributed by atoms with Crippen LogP contribution in [0.4, 0.5) is 5.69 Å². The summed E-state index contributed by atoms with van der Waals surface area (Å²) in [6, 6.07) is 16.0. The lowest BCUT2D eigenvalue weighted by atomic mass is 9.96. The second-order valence-electron chi connectivity index (χ2n) is 6.70. The number of rotatable bonds is 4. The van der Waals surface area contributed by atoms with Gasteiger partial charge in [0.1, 0.15) is 5.75 Å². The molecule has 3 heterocycles. The number of pyridine rings is 1. The van der Waals surface area contributed by atoms with Crippen molar-refractivity contribution in [2.45, 2.75) is 25.9 Å². The van der Waals surface area contributed by atoms with E-state index in [0.717, 1.165) is 28.5 Å². The number of aromatic nitrogens is 2. The normalized spacial score (nSPS) is 19.2. The molecule has 1 fully saturated rings. The van der Waals surface area contributed by atoms with Gasteiger partial charge in [-0.2, -0.15) is 0 Å². The summed E-state index contributed by atoms with van der Waals surface area (Å²) in [6.07, 6.45) is 1.82. The fourth-order valence-corrected chi connectivity index (χ4v) is 4.15. The largest absolute Gasteiger partial charge is 0.495 e. The predicted octanol–water partition coefficient (Wildman–Crippen LogP) is 4.21. The Balaban J connectivity index is 1.89. The molecule has 0 spiro atoms. The van der Waals surface area contributed by atoms with Gasteiger partial charge < -0.3 is 19.9 Å². The van der Waals surface area contributed by atoms with Crippen molar-refractivity contribution in [2.75, 3.05) is 12.0 Å². The number of para-hydroxylation sites is 2. The predicted molar refractivity (Wildman–Crippen MR) is 111 cm³/mol. The zero-order chi connectivity index (χ0) is 19.0. The van der Waals surface area contributed by atoms with E-state index in [1.54, 1.807) is 7.11 Å². The van der Waals surface area contributed by atoms with E-state index in [-0.39, 0.29) is 12.1 Å². The molecule has 0 bridgehead atoms. The van der Waals surface area contributed by atoms with Gasteiger partial charge in [-0.15, -0.1) is 0 Å². The van der Waals surface area contributed by atoms with Crippen LogP contribution in [0.5, 0.6) is 5.75 Å². The Morgan fingerprint density at radius 2 is 1.89 bits per heavy atom. The first-order valence-corrected chi connectivity index (χ1v) is 9.30. The van der Waals surface area contributed by atoms with E-state index in [1.165, 1.54) is 5.56 Å². The fourth-order valence-electron chi connectivity index (χ4n) is 3.81. The molecular weight excluding hydrogens is 356 g/mol. The molecule has 4 rings (SSSR count). The zero-order valence-electron chi connectivity index (χ0n) is 15.6. The third kappa shape index (κ3) is 3.06. The van der Waals surface area contributed by atoms with Crippen LogP contribution in [0.25, 0.3) is 0 Å². The smallest absolute Gasteiger partial charge is 0.174 e. The highest BCUT2D eigenvalue weighted by molar-refractivity contribution is 7.80. The highest BCUT2D eigenvalue weighted by atomic mass is 32.1. The van der Waals surface area contributed by atoms with Gasteiger partial charge in [-0.1, -0.05) is 18.2 Å². The van der Waals surface area contributed by atoms with E-state index >= 15 is 0 Å². The summed E-state index contributed by atoms with van der Waals surface area (Å²) in [4.78, 5) is 10.2. The van der Waals surface area contributed by atoms with Crippen molar-refractivity contribution < 1.29 is 4.74 Å². The summed E-state index contributed by atoms with van der Waals surface area (Å²) in [5, 5.41) is 4.15. The second-order valence-corrected chi connectivity index (χ2v) is 7.09. The number of benzene rings is 1. The number of aryl methyl sites for hydroxylation is 2. The van der Waals surface area contributed by atoms with Crippen LogP contribution in [-0.2, 0) is 0 Å². The van der Waals surface area contributed by atoms with E-state index in [4.69, 9.17) is 17.0 Å². The minimum absolute atomic E-state index is 0.0337. The van der Waals surface area contributed by atoms with Crippen LogP contribution in [0.3, 0.4) is 0 Å². The van der Waals surface area contributed by atoms with Gasteiger partial charge in [0.2, 0.25) is 0 Å². The van der Waals surface area contributed by atoms with Gasteiger partial charge in [0.25, 0.3) is 0 Å². The fraction of sp³-hybridized carbons (Fsp3) is 0.238. The van der Waals surface area contributed by atoms with E-state index < -0.39 is 0 Å². The molecule has 1 aliphatic rings. The monoisotopic (exact) mass is 378 g/mol. The molecule has 1 aromatic carbocycles. The number of anilines is 1. The molecule has 0 radical (unpaired) electrons. The standard InChI is InChI=1S/C21H22N4OS/c1-13-12-15(14(2)23-13)20-19(16-8-6-7-11-22-16)24-21(27)25(20)17-9-4-5-10-18(17)26-3/h4-12,19-20,23H,1-3H3,(H,24,27)/t19-,20+/m0/s1. The van der Waals surface area contributed by atoms with Crippen molar-refractivity contribution in [3.05, 3.63) is 77.4 Å². The van der Waals surface area contributed by atoms with Crippen LogP contribution in [0.2, 0.25) is 0 Å². The minimum atomic E-state index is -0.0579. The molecule has 138 valence electrons. The van der Waals surface area contributed by atoms with Crippen LogP contribution in [0, 0.1) is 13.8 Å². The van der Waals surface area contributed by atoms with Crippen LogP contribution in [0.1, 0.15) is 34.7 Å². The van der Waals surface area contributed by atoms with Crippen LogP contribution < -0.4 is 15.0 Å². The molecule has 27 heavy (non-hydrogen) atoms. The van der Waals surface area contributed by atoms with Gasteiger partial charge in [0.05, 0.1) is 30.6 Å². The van der Waals surface area contributed by atoms with Gasteiger partial charge in [-0.05, 0) is 62.0 Å². The molecule has 2 aromatic heterocycles. The summed E-state index contributed by atoms with van der Waals surface area (Å²) >= 11 is 5.76. The first-order valence-electron chi connectivity index (χ1n) is 8.90. The van der Waals surface area contributed by atoms with Crippen LogP contribution in [-0.4, -0.2) is 22.2 Å². The molecule has 6 heteroatoms. The van der Waals surface area contributed by atoms with E-state index in [0.29, 0.717) is 5.11 Å². The van der Waals surface area contributed by atoms with E-state index in [9.17, 15) is 0 Å². The Morgan fingerprint density at radius 1 is 1.11 bits per heavy atom. The van der Waals surface area contributed by atoms with Crippen molar-refractivity contribution in [3.63, 3.8) is 0 Å². The number of H-pyrrole nitrogens is 1. The van der Waals surface area contributed by atoms with Crippen molar-refractivity contribution in [3.8, 4) is 5.75 Å². The molecule has 5 nitrogen and oxygen atoms in total. The zero-order valence-corrected chi connectivity index (χ0v) is 16.4. The Labute approximate surface area is 164 Å². The molecule has 1 saturated heterocycles. The highest BCUT2D eigenvalue weighted by Crippen LogP contribution is 2.45. The van der Waals surface area contributed by atoms with Crippen molar-refractivity contribution in [2.24, 2.45) is 0 Å². The first-order chi connectivity index (χ1) is 13.1. The average molecular weight is 379 g/mol. The van der Waals surface area contributed by atoms with E-state index in [2.05, 4.69) is 40.1 Å². The van der Waals surface area contributed by atoms with Crippen LogP contribution >= 0.6 is 12.2 Å². The third-order valence-corrected chi connectivity index (χ3v) is 5.27. The van der Waals surface area contributed by atoms with Gasteiger partial charge in [-0.25, -0.2) is 0 Å². The number of methoxy groups -OCH3 is 1. The van der Waals surface area contributed by atoms with Gasteiger partial charge in [0, 0.05) is 17.6 Å². The number of hydrogen-bond acceptors (Lipinski definition) is 3. The number of nitrogens with zero attached hydrogens (tertiary/aromatic N) is 2. The second kappa shape index (κ2) is 7.04. The molecule has 0 aliphatic carbocycles. The molecule has 3 aromatic rings. The molecule has 0 unspecified atom stereocenters. The van der Waals surface area contributed by atoms with Crippen molar-refractivity contribution >= 4 is 23.0 Å². The van der Waals surface area contributed by atoms with Gasteiger partial charge in [-0.3, -0.25) is 4.98 Å². The number of nitrogens with one attached hydrogen (secondary N) is 2. The maximum absolute atomic E-state index is 5.76. The number of aromatic amines is 1. The van der Waals surface area contributed by atoms with Gasteiger partial charge in [0.15, 0.2) is 5.11 Å². The van der Waals surface area contributed by atoms with Gasteiger partial charge >= 0.3 is 0 Å². The molecule has 0 amide bonds. The lowest BCUT2D eigenvalue weighted by Gasteiger charge is -2.29. The Hall–Kier alpha value is -2.86. The highest BCUT2D eigenvalue weighted by Gasteiger charge is 2.42. The topological polar surface area (TPSA) is 53.2 Å². The molecule has 0 saturated carbocycles. The molecular formula is C21H22N4OS. The summed E-state index contributed by atoms with van der Waals surface area (Å²) < 4.78 is 5.61. The lowest BCUT2D eigenvalue weighted by Crippen LogP contribution is -2.29. The maximum atomic E-state index is 5.76. The Kier molecular flexibility index (Phi) is 4.58. The number of thiocarbonyl (C=S) groups is 1. The summed E-state index contributed by atoms with van der Waals surface area (Å²) in [6.45, 7) is 4.17. The summed E-state index contributed by atoms with van der Waals surface area (Å²) in [5.41, 5.74) is 5.35.